The Kier molecular flexibility index (Phi) is 12.6. The number of aromatic nitrogens is 1. The molecule has 8 rings (SSSR count). The van der Waals surface area contributed by atoms with Crippen LogP contribution < -0.4 is 24.1 Å². The SMILES string of the molecule is COc1ccc([C@H](Cc2c(Cl)c[nH+]cc2Cl)OC(=O)c2cccc(COc3cccc(CN(C(=O)O[C@H]4CN5CCC4CC5)c4ccccc4)c3)c2)cc1OC. The Labute approximate surface area is 336 Å². The molecule has 12 heteroatoms. The molecule has 10 nitrogen and oxygen atoms in total. The largest absolute Gasteiger partial charge is 0.493 e. The van der Waals surface area contributed by atoms with Gasteiger partial charge in [0.2, 0.25) is 0 Å². The number of carbonyl (C=O) groups excluding carboxylic acids is 2. The van der Waals surface area contributed by atoms with Crippen LogP contribution in [0, 0.1) is 5.92 Å². The maximum absolute atomic E-state index is 13.7. The normalized spacial score (nSPS) is 17.8. The number of pyridine rings is 1. The van der Waals surface area contributed by atoms with Crippen molar-refractivity contribution in [3.8, 4) is 17.2 Å². The number of esters is 1. The zero-order valence-electron chi connectivity index (χ0n) is 31.3. The topological polar surface area (TPSA) is 101 Å². The lowest BCUT2D eigenvalue weighted by Crippen LogP contribution is -2.53. The number of fused-ring (bicyclic) bond motifs is 3. The van der Waals surface area contributed by atoms with E-state index in [0.29, 0.717) is 56.4 Å². The Hall–Kier alpha value is -5.29. The van der Waals surface area contributed by atoms with Crippen LogP contribution >= 0.6 is 23.2 Å². The van der Waals surface area contributed by atoms with E-state index in [0.717, 1.165) is 49.3 Å². The number of halogens is 2. The lowest BCUT2D eigenvalue weighted by atomic mass is 9.86. The first-order valence-corrected chi connectivity index (χ1v) is 19.4. The van der Waals surface area contributed by atoms with Crippen molar-refractivity contribution in [2.24, 2.45) is 5.92 Å². The van der Waals surface area contributed by atoms with Crippen LogP contribution in [0.2, 0.25) is 10.0 Å². The monoisotopic (exact) mass is 796 g/mol. The van der Waals surface area contributed by atoms with Gasteiger partial charge in [0.1, 0.15) is 34.6 Å². The summed E-state index contributed by atoms with van der Waals surface area (Å²) in [6.45, 7) is 3.43. The number of hydrogen-bond donors (Lipinski definition) is 0. The fourth-order valence-corrected chi connectivity index (χ4v) is 7.84. The van der Waals surface area contributed by atoms with Crippen LogP contribution in [0.5, 0.6) is 17.2 Å². The third-order valence-electron chi connectivity index (χ3n) is 10.4. The number of benzene rings is 4. The molecule has 0 radical (unpaired) electrons. The van der Waals surface area contributed by atoms with Crippen molar-refractivity contribution < 1.29 is 38.3 Å². The molecule has 290 valence electrons. The van der Waals surface area contributed by atoms with Crippen molar-refractivity contribution in [1.82, 2.24) is 4.90 Å². The van der Waals surface area contributed by atoms with E-state index in [1.165, 1.54) is 0 Å². The molecule has 3 saturated heterocycles. The van der Waals surface area contributed by atoms with Gasteiger partial charge in [-0.25, -0.2) is 14.6 Å². The maximum Gasteiger partial charge on any atom is 0.414 e. The quantitative estimate of drug-likeness (QED) is 0.103. The van der Waals surface area contributed by atoms with E-state index in [1.54, 1.807) is 61.8 Å². The van der Waals surface area contributed by atoms with Gasteiger partial charge >= 0.3 is 12.1 Å². The minimum absolute atomic E-state index is 0.101. The molecule has 0 aliphatic carbocycles. The molecule has 2 atom stereocenters. The molecule has 0 spiro atoms. The van der Waals surface area contributed by atoms with Gasteiger partial charge < -0.3 is 23.7 Å². The molecule has 1 aromatic heterocycles. The third-order valence-corrected chi connectivity index (χ3v) is 11.0. The summed E-state index contributed by atoms with van der Waals surface area (Å²) in [6.07, 6.45) is 4.37. The van der Waals surface area contributed by atoms with Gasteiger partial charge in [0.25, 0.3) is 0 Å². The zero-order valence-corrected chi connectivity index (χ0v) is 32.8. The predicted octanol–water partition coefficient (Wildman–Crippen LogP) is 8.78. The number of nitrogens with one attached hydrogen (secondary N) is 1. The summed E-state index contributed by atoms with van der Waals surface area (Å²) in [4.78, 5) is 34.4. The summed E-state index contributed by atoms with van der Waals surface area (Å²) in [6, 6.07) is 29.7. The molecule has 56 heavy (non-hydrogen) atoms. The standard InChI is InChI=1S/C44H43Cl2N3O7/c1-52-39-15-14-32(22-41(39)53-2)40(23-36-37(45)24-47-25-38(36)46)55-43(50)33-10-6-9-30(20-33)28-54-35-13-7-8-29(21-35)26-49(34-11-4-3-5-12-34)44(51)56-42-27-48-18-16-31(42)17-19-48/h3-15,20-22,24-25,31,40,42H,16-19,23,26-28H2,1-2H3/p+1/t40-,42-/m0/s1. The van der Waals surface area contributed by atoms with Crippen LogP contribution in [0.3, 0.4) is 0 Å². The Balaban J connectivity index is 1.04. The average molecular weight is 798 g/mol. The van der Waals surface area contributed by atoms with E-state index < -0.39 is 12.1 Å². The molecule has 4 aromatic carbocycles. The zero-order chi connectivity index (χ0) is 39.0. The molecule has 0 unspecified atom stereocenters. The number of amides is 1. The average Bonchev–Trinajstić information content (AvgIpc) is 3.23. The van der Waals surface area contributed by atoms with Crippen molar-refractivity contribution in [3.05, 3.63) is 147 Å². The van der Waals surface area contributed by atoms with Crippen molar-refractivity contribution in [2.45, 2.75) is 44.6 Å². The highest BCUT2D eigenvalue weighted by Crippen LogP contribution is 2.36. The van der Waals surface area contributed by atoms with E-state index in [1.807, 2.05) is 66.7 Å². The Bertz CT molecular complexity index is 2120. The molecule has 3 fully saturated rings. The molecule has 1 N–H and O–H groups in total. The number of para-hydroxylation sites is 1. The molecular formula is C44H44Cl2N3O7+. The van der Waals surface area contributed by atoms with Crippen molar-refractivity contribution >= 4 is 41.0 Å². The molecule has 1 amide bonds. The molecular weight excluding hydrogens is 753 g/mol. The van der Waals surface area contributed by atoms with Crippen molar-refractivity contribution in [3.63, 3.8) is 0 Å². The first kappa shape index (κ1) is 39.0. The van der Waals surface area contributed by atoms with Gasteiger partial charge in [-0.2, -0.15) is 0 Å². The fraction of sp³-hybridized carbons (Fsp3) is 0.295. The van der Waals surface area contributed by atoms with Gasteiger partial charge in [-0.15, -0.1) is 0 Å². The van der Waals surface area contributed by atoms with Gasteiger partial charge in [-0.3, -0.25) is 9.80 Å². The molecule has 5 aromatic rings. The fourth-order valence-electron chi connectivity index (χ4n) is 7.31. The smallest absolute Gasteiger partial charge is 0.414 e. The molecule has 3 aliphatic rings. The number of aromatic amines is 1. The second-order valence-corrected chi connectivity index (χ2v) is 14.8. The van der Waals surface area contributed by atoms with Crippen LogP contribution in [0.15, 0.2) is 109 Å². The van der Waals surface area contributed by atoms with Crippen LogP contribution in [-0.4, -0.2) is 56.9 Å². The van der Waals surface area contributed by atoms with Crippen LogP contribution in [0.25, 0.3) is 0 Å². The minimum Gasteiger partial charge on any atom is -0.493 e. The van der Waals surface area contributed by atoms with E-state index >= 15 is 0 Å². The summed E-state index contributed by atoms with van der Waals surface area (Å²) < 4.78 is 29.5. The number of piperidine rings is 3. The number of nitrogens with zero attached hydrogens (tertiary/aromatic N) is 2. The Morgan fingerprint density at radius 2 is 1.57 bits per heavy atom. The number of anilines is 1. The van der Waals surface area contributed by atoms with Gasteiger partial charge in [0.05, 0.1) is 26.3 Å². The van der Waals surface area contributed by atoms with Gasteiger partial charge in [-0.05, 0) is 97.1 Å². The number of hydrogen-bond acceptors (Lipinski definition) is 8. The van der Waals surface area contributed by atoms with Crippen LogP contribution in [0.1, 0.15) is 51.6 Å². The number of ether oxygens (including phenoxy) is 5. The van der Waals surface area contributed by atoms with Gasteiger partial charge in [0.15, 0.2) is 23.9 Å². The summed E-state index contributed by atoms with van der Waals surface area (Å²) in [5, 5.41) is 0.832. The summed E-state index contributed by atoms with van der Waals surface area (Å²) in [5.74, 6) is 1.53. The van der Waals surface area contributed by atoms with Crippen LogP contribution in [0.4, 0.5) is 10.5 Å². The molecule has 0 saturated carbocycles. The second kappa shape index (κ2) is 18.1. The van der Waals surface area contributed by atoms with E-state index in [9.17, 15) is 9.59 Å². The summed E-state index contributed by atoms with van der Waals surface area (Å²) >= 11 is 13.0. The summed E-state index contributed by atoms with van der Waals surface area (Å²) in [5.41, 5.74) is 4.06. The van der Waals surface area contributed by atoms with Gasteiger partial charge in [-0.1, -0.05) is 71.7 Å². The number of rotatable bonds is 14. The van der Waals surface area contributed by atoms with E-state index in [4.69, 9.17) is 46.9 Å². The minimum atomic E-state index is -0.759. The predicted molar refractivity (Wildman–Crippen MR) is 214 cm³/mol. The Morgan fingerprint density at radius 3 is 2.29 bits per heavy atom. The summed E-state index contributed by atoms with van der Waals surface area (Å²) in [7, 11) is 3.10. The molecule has 2 bridgehead atoms. The van der Waals surface area contributed by atoms with Crippen LogP contribution in [-0.2, 0) is 29.0 Å². The number of carbonyl (C=O) groups is 2. The highest BCUT2D eigenvalue weighted by atomic mass is 35.5. The van der Waals surface area contributed by atoms with Crippen molar-refractivity contribution in [2.75, 3.05) is 38.8 Å². The highest BCUT2D eigenvalue weighted by molar-refractivity contribution is 6.35. The lowest BCUT2D eigenvalue weighted by molar-refractivity contribution is -0.377. The second-order valence-electron chi connectivity index (χ2n) is 14.0. The highest BCUT2D eigenvalue weighted by Gasteiger charge is 2.37. The lowest BCUT2D eigenvalue weighted by Gasteiger charge is -2.44. The number of H-pyrrole nitrogens is 1. The van der Waals surface area contributed by atoms with E-state index in [2.05, 4.69) is 9.88 Å². The van der Waals surface area contributed by atoms with Crippen molar-refractivity contribution in [1.29, 1.82) is 0 Å². The number of methoxy groups -OCH3 is 2. The maximum atomic E-state index is 13.7. The van der Waals surface area contributed by atoms with Gasteiger partial charge in [0, 0.05) is 24.2 Å². The first-order chi connectivity index (χ1) is 27.3. The Morgan fingerprint density at radius 1 is 0.839 bits per heavy atom. The van der Waals surface area contributed by atoms with E-state index in [-0.39, 0.29) is 25.2 Å². The first-order valence-electron chi connectivity index (χ1n) is 18.6. The third kappa shape index (κ3) is 9.38. The molecule has 4 heterocycles. The molecule has 3 aliphatic heterocycles.